The minimum atomic E-state index is -0.106. The lowest BCUT2D eigenvalue weighted by Crippen LogP contribution is -2.01. The SMILES string of the molecule is Cc1cccc(COc2ccc(C)nc2CO)c1. The summed E-state index contributed by atoms with van der Waals surface area (Å²) in [7, 11) is 0. The van der Waals surface area contributed by atoms with Gasteiger partial charge in [0.05, 0.1) is 6.61 Å². The van der Waals surface area contributed by atoms with Crippen LogP contribution < -0.4 is 4.74 Å². The number of nitrogens with zero attached hydrogens (tertiary/aromatic N) is 1. The summed E-state index contributed by atoms with van der Waals surface area (Å²) >= 11 is 0. The number of aromatic nitrogens is 1. The quantitative estimate of drug-likeness (QED) is 0.897. The zero-order valence-electron chi connectivity index (χ0n) is 10.7. The third kappa shape index (κ3) is 3.08. The number of aryl methyl sites for hydroxylation is 2. The highest BCUT2D eigenvalue weighted by molar-refractivity contribution is 5.29. The average Bonchev–Trinajstić information content (AvgIpc) is 2.37. The maximum atomic E-state index is 9.24. The van der Waals surface area contributed by atoms with Gasteiger partial charge in [0.1, 0.15) is 18.1 Å². The van der Waals surface area contributed by atoms with Crippen LogP contribution in [0.5, 0.6) is 5.75 Å². The lowest BCUT2D eigenvalue weighted by Gasteiger charge is -2.10. The van der Waals surface area contributed by atoms with Gasteiger partial charge in [0.25, 0.3) is 0 Å². The van der Waals surface area contributed by atoms with E-state index in [4.69, 9.17) is 4.74 Å². The summed E-state index contributed by atoms with van der Waals surface area (Å²) in [5, 5.41) is 9.24. The summed E-state index contributed by atoms with van der Waals surface area (Å²) < 4.78 is 5.70. The van der Waals surface area contributed by atoms with Gasteiger partial charge in [-0.2, -0.15) is 0 Å². The molecule has 0 saturated carbocycles. The molecule has 0 aliphatic carbocycles. The number of aliphatic hydroxyl groups is 1. The molecule has 0 unspecified atom stereocenters. The molecule has 0 bridgehead atoms. The summed E-state index contributed by atoms with van der Waals surface area (Å²) in [5.74, 6) is 0.643. The molecule has 0 amide bonds. The van der Waals surface area contributed by atoms with E-state index in [0.29, 0.717) is 18.1 Å². The Morgan fingerprint density at radius 3 is 2.72 bits per heavy atom. The normalized spacial score (nSPS) is 10.4. The molecular formula is C15H17NO2. The lowest BCUT2D eigenvalue weighted by atomic mass is 10.1. The second-order valence-electron chi connectivity index (χ2n) is 4.33. The van der Waals surface area contributed by atoms with E-state index in [0.717, 1.165) is 11.3 Å². The van der Waals surface area contributed by atoms with Crippen molar-refractivity contribution in [1.82, 2.24) is 4.98 Å². The highest BCUT2D eigenvalue weighted by Crippen LogP contribution is 2.18. The summed E-state index contributed by atoms with van der Waals surface area (Å²) in [6, 6.07) is 11.9. The standard InChI is InChI=1S/C15H17NO2/c1-11-4-3-5-13(8-11)10-18-15-7-6-12(2)16-14(15)9-17/h3-8,17H,9-10H2,1-2H3. The van der Waals surface area contributed by atoms with Gasteiger partial charge < -0.3 is 9.84 Å². The van der Waals surface area contributed by atoms with Crippen molar-refractivity contribution in [3.8, 4) is 5.75 Å². The topological polar surface area (TPSA) is 42.4 Å². The Morgan fingerprint density at radius 2 is 2.00 bits per heavy atom. The predicted octanol–water partition coefficient (Wildman–Crippen LogP) is 2.77. The molecule has 0 spiro atoms. The van der Waals surface area contributed by atoms with Crippen molar-refractivity contribution in [3.63, 3.8) is 0 Å². The number of pyridine rings is 1. The molecule has 0 saturated heterocycles. The molecule has 3 heteroatoms. The van der Waals surface area contributed by atoms with Gasteiger partial charge in [0, 0.05) is 5.69 Å². The number of hydrogen-bond donors (Lipinski definition) is 1. The minimum absolute atomic E-state index is 0.106. The fourth-order valence-electron chi connectivity index (χ4n) is 1.81. The van der Waals surface area contributed by atoms with Gasteiger partial charge in [0.15, 0.2) is 0 Å². The largest absolute Gasteiger partial charge is 0.487 e. The third-order valence-corrected chi connectivity index (χ3v) is 2.70. The van der Waals surface area contributed by atoms with E-state index in [1.807, 2.05) is 31.2 Å². The van der Waals surface area contributed by atoms with Crippen molar-refractivity contribution in [2.75, 3.05) is 0 Å². The van der Waals surface area contributed by atoms with Crippen molar-refractivity contribution >= 4 is 0 Å². The number of aliphatic hydroxyl groups excluding tert-OH is 1. The zero-order chi connectivity index (χ0) is 13.0. The van der Waals surface area contributed by atoms with Gasteiger partial charge >= 0.3 is 0 Å². The molecule has 94 valence electrons. The Bertz CT molecular complexity index is 538. The highest BCUT2D eigenvalue weighted by atomic mass is 16.5. The molecule has 1 heterocycles. The Balaban J connectivity index is 2.10. The van der Waals surface area contributed by atoms with Crippen LogP contribution in [0.25, 0.3) is 0 Å². The number of hydrogen-bond acceptors (Lipinski definition) is 3. The highest BCUT2D eigenvalue weighted by Gasteiger charge is 2.05. The van der Waals surface area contributed by atoms with Crippen LogP contribution in [-0.2, 0) is 13.2 Å². The summed E-state index contributed by atoms with van der Waals surface area (Å²) in [4.78, 5) is 4.25. The molecule has 0 aliphatic rings. The first-order chi connectivity index (χ1) is 8.69. The van der Waals surface area contributed by atoms with Crippen LogP contribution >= 0.6 is 0 Å². The van der Waals surface area contributed by atoms with Crippen LogP contribution in [-0.4, -0.2) is 10.1 Å². The second kappa shape index (κ2) is 5.65. The molecule has 0 atom stereocenters. The van der Waals surface area contributed by atoms with Crippen molar-refractivity contribution in [1.29, 1.82) is 0 Å². The van der Waals surface area contributed by atoms with Crippen LogP contribution in [0.1, 0.15) is 22.5 Å². The smallest absolute Gasteiger partial charge is 0.143 e. The van der Waals surface area contributed by atoms with E-state index in [-0.39, 0.29) is 6.61 Å². The van der Waals surface area contributed by atoms with Gasteiger partial charge in [-0.05, 0) is 31.5 Å². The van der Waals surface area contributed by atoms with Gasteiger partial charge in [-0.25, -0.2) is 0 Å². The van der Waals surface area contributed by atoms with Crippen molar-refractivity contribution in [2.45, 2.75) is 27.1 Å². The molecule has 3 nitrogen and oxygen atoms in total. The molecule has 18 heavy (non-hydrogen) atoms. The van der Waals surface area contributed by atoms with Crippen LogP contribution in [0.3, 0.4) is 0 Å². The first-order valence-corrected chi connectivity index (χ1v) is 5.95. The molecule has 0 fully saturated rings. The summed E-state index contributed by atoms with van der Waals surface area (Å²) in [5.41, 5.74) is 3.78. The monoisotopic (exact) mass is 243 g/mol. The molecule has 2 aromatic rings. The first-order valence-electron chi connectivity index (χ1n) is 5.95. The Morgan fingerprint density at radius 1 is 1.17 bits per heavy atom. The van der Waals surface area contributed by atoms with E-state index < -0.39 is 0 Å². The van der Waals surface area contributed by atoms with Gasteiger partial charge in [0.2, 0.25) is 0 Å². The lowest BCUT2D eigenvalue weighted by molar-refractivity contribution is 0.253. The molecule has 1 aromatic carbocycles. The Labute approximate surface area is 107 Å². The maximum Gasteiger partial charge on any atom is 0.143 e. The van der Waals surface area contributed by atoms with E-state index in [2.05, 4.69) is 24.0 Å². The van der Waals surface area contributed by atoms with E-state index in [9.17, 15) is 5.11 Å². The molecule has 0 radical (unpaired) electrons. The van der Waals surface area contributed by atoms with Crippen LogP contribution in [0.4, 0.5) is 0 Å². The van der Waals surface area contributed by atoms with Crippen LogP contribution in [0.15, 0.2) is 36.4 Å². The predicted molar refractivity (Wildman–Crippen MR) is 70.4 cm³/mol. The molecule has 0 aliphatic heterocycles. The van der Waals surface area contributed by atoms with Crippen molar-refractivity contribution in [3.05, 3.63) is 58.9 Å². The molecule has 1 aromatic heterocycles. The third-order valence-electron chi connectivity index (χ3n) is 2.70. The number of ether oxygens (including phenoxy) is 1. The molecule has 1 N–H and O–H groups in total. The van der Waals surface area contributed by atoms with Gasteiger partial charge in [-0.1, -0.05) is 29.8 Å². The summed E-state index contributed by atoms with van der Waals surface area (Å²) in [6.07, 6.45) is 0. The Hall–Kier alpha value is -1.87. The van der Waals surface area contributed by atoms with E-state index in [1.54, 1.807) is 0 Å². The van der Waals surface area contributed by atoms with E-state index >= 15 is 0 Å². The molecule has 2 rings (SSSR count). The fourth-order valence-corrected chi connectivity index (χ4v) is 1.81. The zero-order valence-corrected chi connectivity index (χ0v) is 10.7. The minimum Gasteiger partial charge on any atom is -0.487 e. The Kier molecular flexibility index (Phi) is 3.95. The number of benzene rings is 1. The summed E-state index contributed by atoms with van der Waals surface area (Å²) in [6.45, 7) is 4.32. The second-order valence-corrected chi connectivity index (χ2v) is 4.33. The van der Waals surface area contributed by atoms with Crippen molar-refractivity contribution < 1.29 is 9.84 Å². The van der Waals surface area contributed by atoms with Crippen LogP contribution in [0, 0.1) is 13.8 Å². The fraction of sp³-hybridized carbons (Fsp3) is 0.267. The molecular weight excluding hydrogens is 226 g/mol. The average molecular weight is 243 g/mol. The van der Waals surface area contributed by atoms with Crippen molar-refractivity contribution in [2.24, 2.45) is 0 Å². The van der Waals surface area contributed by atoms with Gasteiger partial charge in [-0.15, -0.1) is 0 Å². The van der Waals surface area contributed by atoms with E-state index in [1.165, 1.54) is 5.56 Å². The van der Waals surface area contributed by atoms with Crippen LogP contribution in [0.2, 0.25) is 0 Å². The first kappa shape index (κ1) is 12.6. The van der Waals surface area contributed by atoms with Gasteiger partial charge in [-0.3, -0.25) is 4.98 Å². The number of rotatable bonds is 4. The maximum absolute atomic E-state index is 9.24.